The highest BCUT2D eigenvalue weighted by Crippen LogP contribution is 2.28. The van der Waals surface area contributed by atoms with E-state index in [2.05, 4.69) is 10.4 Å². The third-order valence-electron chi connectivity index (χ3n) is 4.69. The van der Waals surface area contributed by atoms with Gasteiger partial charge in [-0.3, -0.25) is 14.9 Å². The van der Waals surface area contributed by atoms with Crippen molar-refractivity contribution in [1.82, 2.24) is 15.1 Å². The van der Waals surface area contributed by atoms with E-state index in [0.717, 1.165) is 18.5 Å². The van der Waals surface area contributed by atoms with Crippen LogP contribution in [0.3, 0.4) is 0 Å². The lowest BCUT2D eigenvalue weighted by Crippen LogP contribution is -2.26. The lowest BCUT2D eigenvalue weighted by molar-refractivity contribution is -0.384. The van der Waals surface area contributed by atoms with Crippen LogP contribution in [0.5, 0.6) is 0 Å². The number of non-ortho nitro benzene ring substituents is 1. The Balaban J connectivity index is 1.78. The van der Waals surface area contributed by atoms with Crippen molar-refractivity contribution in [3.8, 4) is 23.0 Å². The van der Waals surface area contributed by atoms with Crippen LogP contribution in [-0.4, -0.2) is 26.7 Å². The number of aromatic nitrogens is 2. The van der Waals surface area contributed by atoms with Crippen molar-refractivity contribution in [2.45, 2.75) is 18.9 Å². The summed E-state index contributed by atoms with van der Waals surface area (Å²) in [5.41, 5.74) is 2.48. The van der Waals surface area contributed by atoms with E-state index < -0.39 is 10.8 Å². The molecule has 1 N–H and O–H groups in total. The van der Waals surface area contributed by atoms with Crippen LogP contribution in [0.2, 0.25) is 0 Å². The van der Waals surface area contributed by atoms with E-state index in [-0.39, 0.29) is 17.3 Å². The lowest BCUT2D eigenvalue weighted by Gasteiger charge is -2.02. The molecule has 4 rings (SSSR count). The molecule has 0 radical (unpaired) electrons. The highest BCUT2D eigenvalue weighted by molar-refractivity contribution is 6.02. The molecule has 0 saturated heterocycles. The van der Waals surface area contributed by atoms with Gasteiger partial charge in [0.1, 0.15) is 17.3 Å². The van der Waals surface area contributed by atoms with Crippen LogP contribution in [0.15, 0.2) is 66.4 Å². The number of benzene rings is 2. The van der Waals surface area contributed by atoms with Crippen LogP contribution in [0.25, 0.3) is 23.0 Å². The number of carbonyl (C=O) groups excluding carboxylic acids is 1. The number of para-hydroxylation sites is 1. The monoisotopic (exact) mass is 399 g/mol. The first-order chi connectivity index (χ1) is 14.5. The molecule has 30 heavy (non-hydrogen) atoms. The van der Waals surface area contributed by atoms with E-state index in [9.17, 15) is 20.2 Å². The number of amides is 1. The fourth-order valence-electron chi connectivity index (χ4n) is 2.97. The van der Waals surface area contributed by atoms with E-state index in [0.29, 0.717) is 16.8 Å². The first kappa shape index (κ1) is 19.1. The summed E-state index contributed by atoms with van der Waals surface area (Å²) in [6.45, 7) is 0. The number of carbonyl (C=O) groups is 1. The van der Waals surface area contributed by atoms with E-state index in [4.69, 9.17) is 0 Å². The molecule has 8 heteroatoms. The maximum atomic E-state index is 12.4. The summed E-state index contributed by atoms with van der Waals surface area (Å²) in [5, 5.41) is 27.9. The van der Waals surface area contributed by atoms with E-state index in [1.165, 1.54) is 18.2 Å². The molecule has 148 valence electrons. The zero-order valence-electron chi connectivity index (χ0n) is 15.9. The van der Waals surface area contributed by atoms with Gasteiger partial charge in [0, 0.05) is 35.5 Å². The van der Waals surface area contributed by atoms with Crippen LogP contribution in [0.4, 0.5) is 5.69 Å². The fourth-order valence-corrected chi connectivity index (χ4v) is 2.97. The molecule has 3 aromatic rings. The maximum absolute atomic E-state index is 12.4. The minimum absolute atomic E-state index is 0.0160. The van der Waals surface area contributed by atoms with Crippen LogP contribution >= 0.6 is 0 Å². The molecule has 0 aliphatic heterocycles. The molecular formula is C22H17N5O3. The minimum atomic E-state index is -0.469. The van der Waals surface area contributed by atoms with Gasteiger partial charge in [-0.05, 0) is 43.2 Å². The van der Waals surface area contributed by atoms with Gasteiger partial charge in [0.05, 0.1) is 10.6 Å². The molecular weight excluding hydrogens is 382 g/mol. The number of nitro benzene ring substituents is 1. The van der Waals surface area contributed by atoms with Gasteiger partial charge in [0.15, 0.2) is 0 Å². The Labute approximate surface area is 172 Å². The second-order valence-corrected chi connectivity index (χ2v) is 6.93. The summed E-state index contributed by atoms with van der Waals surface area (Å²) in [5.74, 6) is -0.415. The lowest BCUT2D eigenvalue weighted by atomic mass is 10.1. The van der Waals surface area contributed by atoms with Crippen molar-refractivity contribution in [1.29, 1.82) is 5.26 Å². The van der Waals surface area contributed by atoms with Gasteiger partial charge < -0.3 is 5.32 Å². The molecule has 1 aliphatic carbocycles. The molecule has 2 aromatic carbocycles. The Hall–Kier alpha value is -4.25. The summed E-state index contributed by atoms with van der Waals surface area (Å²) in [6.07, 6.45) is 5.07. The average Bonchev–Trinajstić information content (AvgIpc) is 3.48. The number of nitrogens with one attached hydrogen (secondary N) is 1. The summed E-state index contributed by atoms with van der Waals surface area (Å²) in [7, 11) is 0. The van der Waals surface area contributed by atoms with Crippen molar-refractivity contribution in [2.75, 3.05) is 0 Å². The predicted octanol–water partition coefficient (Wildman–Crippen LogP) is 3.63. The van der Waals surface area contributed by atoms with Gasteiger partial charge >= 0.3 is 0 Å². The zero-order chi connectivity index (χ0) is 21.1. The first-order valence-electron chi connectivity index (χ1n) is 9.38. The Morgan fingerprint density at radius 1 is 1.20 bits per heavy atom. The summed E-state index contributed by atoms with van der Waals surface area (Å²) >= 11 is 0. The second kappa shape index (κ2) is 8.01. The molecule has 1 amide bonds. The molecule has 0 bridgehead atoms. The molecule has 1 saturated carbocycles. The third-order valence-corrected chi connectivity index (χ3v) is 4.69. The SMILES string of the molecule is N#C/C(=C\c1cn(-c2ccccc2)nc1-c1ccc([N+](=O)[O-])cc1)C(=O)NC1CC1. The number of nitriles is 1. The molecule has 0 spiro atoms. The number of nitro groups is 1. The highest BCUT2D eigenvalue weighted by Gasteiger charge is 2.25. The highest BCUT2D eigenvalue weighted by atomic mass is 16.6. The topological polar surface area (TPSA) is 114 Å². The summed E-state index contributed by atoms with van der Waals surface area (Å²) in [4.78, 5) is 22.9. The van der Waals surface area contributed by atoms with E-state index >= 15 is 0 Å². The summed E-state index contributed by atoms with van der Waals surface area (Å²) in [6, 6.07) is 17.5. The fraction of sp³-hybridized carbons (Fsp3) is 0.136. The van der Waals surface area contributed by atoms with Crippen molar-refractivity contribution < 1.29 is 9.72 Å². The molecule has 1 heterocycles. The van der Waals surface area contributed by atoms with Crippen molar-refractivity contribution in [3.63, 3.8) is 0 Å². The van der Waals surface area contributed by atoms with Gasteiger partial charge in [-0.25, -0.2) is 4.68 Å². The van der Waals surface area contributed by atoms with Gasteiger partial charge in [0.2, 0.25) is 0 Å². The molecule has 0 unspecified atom stereocenters. The van der Waals surface area contributed by atoms with Gasteiger partial charge in [0.25, 0.3) is 11.6 Å². The summed E-state index contributed by atoms with van der Waals surface area (Å²) < 4.78 is 1.65. The van der Waals surface area contributed by atoms with Crippen molar-refractivity contribution in [3.05, 3.63) is 82.0 Å². The van der Waals surface area contributed by atoms with Crippen LogP contribution in [0, 0.1) is 21.4 Å². The number of rotatable bonds is 6. The number of hydrogen-bond acceptors (Lipinski definition) is 5. The van der Waals surface area contributed by atoms with Crippen molar-refractivity contribution >= 4 is 17.7 Å². The minimum Gasteiger partial charge on any atom is -0.349 e. The molecule has 8 nitrogen and oxygen atoms in total. The van der Waals surface area contributed by atoms with Crippen LogP contribution < -0.4 is 5.32 Å². The number of nitrogens with zero attached hydrogens (tertiary/aromatic N) is 4. The smallest absolute Gasteiger partial charge is 0.269 e. The van der Waals surface area contributed by atoms with Gasteiger partial charge in [-0.2, -0.15) is 10.4 Å². The van der Waals surface area contributed by atoms with Crippen LogP contribution in [0.1, 0.15) is 18.4 Å². The normalized spacial score (nSPS) is 13.5. The van der Waals surface area contributed by atoms with E-state index in [1.54, 1.807) is 23.0 Å². The Bertz CT molecular complexity index is 1170. The second-order valence-electron chi connectivity index (χ2n) is 6.93. The predicted molar refractivity (Wildman–Crippen MR) is 110 cm³/mol. The zero-order valence-corrected chi connectivity index (χ0v) is 15.9. The quantitative estimate of drug-likeness (QED) is 0.294. The maximum Gasteiger partial charge on any atom is 0.269 e. The molecule has 0 atom stereocenters. The Morgan fingerprint density at radius 2 is 1.90 bits per heavy atom. The van der Waals surface area contributed by atoms with Gasteiger partial charge in [-0.1, -0.05) is 18.2 Å². The molecule has 1 fully saturated rings. The standard InChI is InChI=1S/C22H17N5O3/c23-13-16(22(28)24-18-8-9-18)12-17-14-26(19-4-2-1-3-5-19)25-21(17)15-6-10-20(11-7-15)27(29)30/h1-7,10-12,14,18H,8-9H2,(H,24,28)/b16-12+. The third kappa shape index (κ3) is 4.10. The Morgan fingerprint density at radius 3 is 2.50 bits per heavy atom. The van der Waals surface area contributed by atoms with Crippen molar-refractivity contribution in [2.24, 2.45) is 0 Å². The Kier molecular flexibility index (Phi) is 5.09. The van der Waals surface area contributed by atoms with E-state index in [1.807, 2.05) is 36.4 Å². The first-order valence-corrected chi connectivity index (χ1v) is 9.38. The van der Waals surface area contributed by atoms with Crippen LogP contribution in [-0.2, 0) is 4.79 Å². The molecule has 1 aromatic heterocycles. The largest absolute Gasteiger partial charge is 0.349 e. The molecule has 1 aliphatic rings. The van der Waals surface area contributed by atoms with Gasteiger partial charge in [-0.15, -0.1) is 0 Å². The number of hydrogen-bond donors (Lipinski definition) is 1. The average molecular weight is 399 g/mol.